The Bertz CT molecular complexity index is 2330. The number of nitrogens with zero attached hydrogens (tertiary/aromatic N) is 3. The molecule has 2 aliphatic heterocycles. The van der Waals surface area contributed by atoms with Gasteiger partial charge in [0.25, 0.3) is 0 Å². The molecule has 0 spiro atoms. The summed E-state index contributed by atoms with van der Waals surface area (Å²) in [4.78, 5) is 120. The molecule has 0 aromatic heterocycles. The first-order valence-corrected chi connectivity index (χ1v) is 27.0. The number of rotatable bonds is 14. The van der Waals surface area contributed by atoms with Crippen molar-refractivity contribution in [2.45, 2.75) is 169 Å². The van der Waals surface area contributed by atoms with Crippen molar-refractivity contribution in [3.05, 3.63) is 60.2 Å². The summed E-state index contributed by atoms with van der Waals surface area (Å²) < 4.78 is 17.3. The lowest BCUT2D eigenvalue weighted by molar-refractivity contribution is -0.163. The number of cyclic esters (lactones) is 2. The Labute approximate surface area is 454 Å². The molecule has 2 saturated heterocycles. The molecular weight excluding hydrogens is 995 g/mol. The van der Waals surface area contributed by atoms with Crippen LogP contribution in [0.15, 0.2) is 54.6 Å². The fourth-order valence-corrected chi connectivity index (χ4v) is 9.72. The number of ether oxygens (including phenoxy) is 3. The quantitative estimate of drug-likeness (QED) is 0.0969. The lowest BCUT2D eigenvalue weighted by Gasteiger charge is -2.36. The Hall–Kier alpha value is -6.15. The maximum absolute atomic E-state index is 15.0. The molecule has 5 N–H and O–H groups in total. The molecule has 2 aromatic carbocycles. The SMILES string of the molecule is CC[C@H](C)[C@H]1NC(=O)[C@@H](NC(=O)[C@@H](CC(C)C)N(C)C(=S)Nc2ccccc2)[C@@H](C)OC(=O)[C@H](Cc2ccc(OC)cc2)N(C)C(=O)[C@@H]2CCCN2C(=O)[C@H](CC(C)C)NC(=O)[C@@H](C)C(=O)[C@H](C(C)C)OC(=O)C[C@@H]1O. The Morgan fingerprint density at radius 1 is 0.895 bits per heavy atom. The molecule has 76 heavy (non-hydrogen) atoms. The molecule has 2 heterocycles. The zero-order chi connectivity index (χ0) is 56.7. The summed E-state index contributed by atoms with van der Waals surface area (Å²) >= 11 is 5.77. The van der Waals surface area contributed by atoms with E-state index in [2.05, 4.69) is 21.3 Å². The van der Waals surface area contributed by atoms with E-state index in [0.717, 1.165) is 0 Å². The van der Waals surface area contributed by atoms with E-state index in [-0.39, 0.29) is 49.2 Å². The molecule has 19 nitrogen and oxygen atoms in total. The number of aliphatic hydroxyl groups excluding tert-OH is 1. The van der Waals surface area contributed by atoms with Crippen molar-refractivity contribution < 1.29 is 57.7 Å². The lowest BCUT2D eigenvalue weighted by atomic mass is 9.91. The van der Waals surface area contributed by atoms with Gasteiger partial charge in [0.15, 0.2) is 17.0 Å². The number of aliphatic hydroxyl groups is 1. The smallest absolute Gasteiger partial charge is 0.329 e. The monoisotopic (exact) mass is 1080 g/mol. The maximum atomic E-state index is 15.0. The van der Waals surface area contributed by atoms with Crippen LogP contribution in [0, 0.1) is 29.6 Å². The van der Waals surface area contributed by atoms with Crippen molar-refractivity contribution in [1.82, 2.24) is 30.7 Å². The summed E-state index contributed by atoms with van der Waals surface area (Å²) in [7, 11) is 4.59. The molecule has 5 amide bonds. The van der Waals surface area contributed by atoms with Crippen molar-refractivity contribution in [3.63, 3.8) is 0 Å². The van der Waals surface area contributed by atoms with Crippen LogP contribution in [-0.4, -0.2) is 154 Å². The van der Waals surface area contributed by atoms with Gasteiger partial charge in [-0.1, -0.05) is 92.1 Å². The molecular formula is C56H83N7O12S. The van der Waals surface area contributed by atoms with Crippen LogP contribution in [0.1, 0.15) is 113 Å². The van der Waals surface area contributed by atoms with Crippen molar-refractivity contribution in [1.29, 1.82) is 0 Å². The molecule has 11 atom stereocenters. The number of anilines is 1. The zero-order valence-electron chi connectivity index (χ0n) is 46.6. The number of para-hydroxylation sites is 1. The molecule has 420 valence electrons. The largest absolute Gasteiger partial charge is 0.497 e. The Morgan fingerprint density at radius 3 is 2.12 bits per heavy atom. The topological polar surface area (TPSA) is 242 Å². The molecule has 4 rings (SSSR count). The zero-order valence-corrected chi connectivity index (χ0v) is 47.4. The Morgan fingerprint density at radius 2 is 1.54 bits per heavy atom. The van der Waals surface area contributed by atoms with Crippen LogP contribution >= 0.6 is 12.2 Å². The lowest BCUT2D eigenvalue weighted by Crippen LogP contribution is -2.61. The predicted molar refractivity (Wildman–Crippen MR) is 291 cm³/mol. The van der Waals surface area contributed by atoms with Gasteiger partial charge in [0, 0.05) is 32.7 Å². The van der Waals surface area contributed by atoms with Gasteiger partial charge in [-0.25, -0.2) is 4.79 Å². The highest BCUT2D eigenvalue weighted by molar-refractivity contribution is 7.80. The third-order valence-corrected chi connectivity index (χ3v) is 14.7. The minimum absolute atomic E-state index is 0.0483. The molecule has 2 aliphatic rings. The summed E-state index contributed by atoms with van der Waals surface area (Å²) in [6.45, 7) is 17.4. The average Bonchev–Trinajstić information content (AvgIpc) is 3.87. The average molecular weight is 1080 g/mol. The van der Waals surface area contributed by atoms with Gasteiger partial charge in [0.05, 0.1) is 31.6 Å². The van der Waals surface area contributed by atoms with Gasteiger partial charge >= 0.3 is 11.9 Å². The summed E-state index contributed by atoms with van der Waals surface area (Å²) in [5.74, 6) is -8.20. The first-order valence-electron chi connectivity index (χ1n) is 26.6. The molecule has 0 bridgehead atoms. The van der Waals surface area contributed by atoms with Gasteiger partial charge in [-0.15, -0.1) is 0 Å². The van der Waals surface area contributed by atoms with Crippen LogP contribution in [-0.2, 0) is 54.3 Å². The van der Waals surface area contributed by atoms with Gasteiger partial charge in [0.2, 0.25) is 29.5 Å². The van der Waals surface area contributed by atoms with Crippen LogP contribution in [0.5, 0.6) is 5.75 Å². The van der Waals surface area contributed by atoms with Crippen LogP contribution in [0.25, 0.3) is 0 Å². The Kier molecular flexibility index (Phi) is 23.7. The first-order chi connectivity index (χ1) is 35.8. The number of thiocarbonyl (C=S) groups is 1. The number of esters is 2. The van der Waals surface area contributed by atoms with E-state index in [0.29, 0.717) is 29.8 Å². The number of nitrogens with one attached hydrogen (secondary N) is 4. The molecule has 2 fully saturated rings. The van der Waals surface area contributed by atoms with E-state index in [1.165, 1.54) is 37.8 Å². The van der Waals surface area contributed by atoms with Crippen LogP contribution in [0.4, 0.5) is 5.69 Å². The number of ketones is 1. The second-order valence-corrected chi connectivity index (χ2v) is 21.9. The summed E-state index contributed by atoms with van der Waals surface area (Å²) in [6, 6.07) is 8.69. The summed E-state index contributed by atoms with van der Waals surface area (Å²) in [6.07, 6.45) is -3.72. The number of amides is 5. The highest BCUT2D eigenvalue weighted by atomic mass is 32.1. The van der Waals surface area contributed by atoms with Gasteiger partial charge in [-0.2, -0.15) is 0 Å². The highest BCUT2D eigenvalue weighted by Gasteiger charge is 2.45. The van der Waals surface area contributed by atoms with Crippen molar-refractivity contribution in [2.24, 2.45) is 29.6 Å². The van der Waals surface area contributed by atoms with Crippen LogP contribution in [0.2, 0.25) is 0 Å². The van der Waals surface area contributed by atoms with Crippen molar-refractivity contribution in [2.75, 3.05) is 33.1 Å². The molecule has 2 aromatic rings. The number of fused-ring (bicyclic) bond motifs is 1. The number of Topliss-reactive ketones (excluding diaryl/α,β-unsaturated/α-hetero) is 1. The fourth-order valence-electron chi connectivity index (χ4n) is 9.48. The number of hydrogen-bond acceptors (Lipinski definition) is 13. The van der Waals surface area contributed by atoms with Gasteiger partial charge in [-0.3, -0.25) is 33.6 Å². The van der Waals surface area contributed by atoms with Gasteiger partial charge < -0.3 is 55.3 Å². The third-order valence-electron chi connectivity index (χ3n) is 14.3. The van der Waals surface area contributed by atoms with E-state index < -0.39 is 126 Å². The molecule has 20 heteroatoms. The third kappa shape index (κ3) is 16.9. The minimum atomic E-state index is -1.64. The van der Waals surface area contributed by atoms with E-state index in [9.17, 15) is 43.5 Å². The summed E-state index contributed by atoms with van der Waals surface area (Å²) in [5.41, 5.74) is 1.29. The van der Waals surface area contributed by atoms with Crippen LogP contribution < -0.4 is 26.0 Å². The van der Waals surface area contributed by atoms with Gasteiger partial charge in [-0.05, 0) is 105 Å². The van der Waals surface area contributed by atoms with E-state index in [4.69, 9.17) is 26.4 Å². The molecule has 0 radical (unpaired) electrons. The van der Waals surface area contributed by atoms with Gasteiger partial charge in [0.1, 0.15) is 42.1 Å². The first kappa shape index (κ1) is 62.4. The van der Waals surface area contributed by atoms with E-state index in [1.54, 1.807) is 57.0 Å². The normalized spacial score (nSPS) is 25.8. The molecule has 0 unspecified atom stereocenters. The van der Waals surface area contributed by atoms with E-state index >= 15 is 0 Å². The number of benzene rings is 2. The standard InChI is InChI=1S/C56H83N7O12S/c1-14-34(8)46-44(64)30-45(65)75-49(33(6)7)48(66)35(9)50(67)58-40(27-31(2)3)53(70)63-26-18-21-41(63)54(71)61(11)43(29-37-22-24-39(73-13)25-23-37)55(72)74-36(10)47(52(69)59-46)60-51(68)42(28-32(4)5)62(12)56(76)57-38-19-16-15-17-20-38/h15-17,19-20,22-25,31-36,40-44,46-47,49,64H,14,18,21,26-30H2,1-13H3,(H,57,76)(H,58,67)(H,59,69)(H,60,68)/t34-,35-,36+,40-,41-,42+,43-,44-,46+,47-,49-/m0/s1. The van der Waals surface area contributed by atoms with Crippen molar-refractivity contribution >= 4 is 70.3 Å². The molecule has 0 aliphatic carbocycles. The number of carbonyl (C=O) groups is 8. The predicted octanol–water partition coefficient (Wildman–Crippen LogP) is 4.82. The number of methoxy groups -OCH3 is 1. The van der Waals surface area contributed by atoms with Crippen molar-refractivity contribution in [3.8, 4) is 5.75 Å². The fraction of sp³-hybridized carbons (Fsp3) is 0.625. The highest BCUT2D eigenvalue weighted by Crippen LogP contribution is 2.26. The second-order valence-electron chi connectivity index (χ2n) is 21.5. The van der Waals surface area contributed by atoms with Crippen LogP contribution in [0.3, 0.4) is 0 Å². The number of hydrogen-bond donors (Lipinski definition) is 5. The summed E-state index contributed by atoms with van der Waals surface area (Å²) in [5, 5.41) is 23.6. The number of likely N-dealkylation sites (N-methyl/N-ethyl adjacent to an activating group) is 2. The van der Waals surface area contributed by atoms with E-state index in [1.807, 2.05) is 65.0 Å². The molecule has 0 saturated carbocycles. The second kappa shape index (κ2) is 28.8. The Balaban J connectivity index is 1.88. The minimum Gasteiger partial charge on any atom is -0.497 e. The number of carbonyl (C=O) groups excluding carboxylic acids is 8. The maximum Gasteiger partial charge on any atom is 0.329 e.